The van der Waals surface area contributed by atoms with Crippen molar-refractivity contribution in [3.8, 4) is 0 Å². The quantitative estimate of drug-likeness (QED) is 0.793. The number of rotatable bonds is 3. The van der Waals surface area contributed by atoms with E-state index in [9.17, 15) is 9.59 Å². The summed E-state index contributed by atoms with van der Waals surface area (Å²) in [4.78, 5) is 27.4. The number of esters is 2. The lowest BCUT2D eigenvalue weighted by molar-refractivity contribution is -0.161. The SMILES string of the molecule is COC(=O)C1=C2Nc3ccccc3[C@@]23CCN2CCC[C@@](C(C)OC(C)=O)(C1)C23. The fourth-order valence-corrected chi connectivity index (χ4v) is 6.83. The molecule has 1 aromatic rings. The van der Waals surface area contributed by atoms with Crippen molar-refractivity contribution in [1.29, 1.82) is 0 Å². The van der Waals surface area contributed by atoms with Gasteiger partial charge in [0, 0.05) is 29.8 Å². The summed E-state index contributed by atoms with van der Waals surface area (Å²) >= 11 is 0. The maximum absolute atomic E-state index is 13.0. The number of benzene rings is 1. The highest BCUT2D eigenvalue weighted by molar-refractivity contribution is 5.93. The van der Waals surface area contributed by atoms with Gasteiger partial charge in [-0.05, 0) is 57.3 Å². The second kappa shape index (κ2) is 6.33. The van der Waals surface area contributed by atoms with E-state index in [1.807, 2.05) is 13.0 Å². The lowest BCUT2D eigenvalue weighted by Crippen LogP contribution is -2.64. The van der Waals surface area contributed by atoms with Gasteiger partial charge >= 0.3 is 11.9 Å². The molecular formula is C23H28N2O4. The average molecular weight is 396 g/mol. The lowest BCUT2D eigenvalue weighted by atomic mass is 9.53. The van der Waals surface area contributed by atoms with Crippen molar-refractivity contribution in [1.82, 2.24) is 4.90 Å². The van der Waals surface area contributed by atoms with Gasteiger partial charge in [0.15, 0.2) is 0 Å². The van der Waals surface area contributed by atoms with Crippen molar-refractivity contribution in [2.75, 3.05) is 25.5 Å². The number of fused-ring (bicyclic) bond motifs is 1. The van der Waals surface area contributed by atoms with Gasteiger partial charge in [-0.1, -0.05) is 18.2 Å². The van der Waals surface area contributed by atoms with Crippen molar-refractivity contribution in [2.24, 2.45) is 5.41 Å². The van der Waals surface area contributed by atoms with Crippen LogP contribution in [0.15, 0.2) is 35.5 Å². The topological polar surface area (TPSA) is 67.9 Å². The molecule has 1 spiro atoms. The van der Waals surface area contributed by atoms with Gasteiger partial charge < -0.3 is 14.8 Å². The molecule has 4 atom stereocenters. The largest absolute Gasteiger partial charge is 0.466 e. The van der Waals surface area contributed by atoms with E-state index in [0.29, 0.717) is 12.0 Å². The molecule has 1 aliphatic carbocycles. The molecule has 154 valence electrons. The molecule has 4 aliphatic rings. The van der Waals surface area contributed by atoms with Crippen molar-refractivity contribution < 1.29 is 19.1 Å². The molecule has 1 N–H and O–H groups in total. The van der Waals surface area contributed by atoms with Crippen LogP contribution in [0.5, 0.6) is 0 Å². The Hall–Kier alpha value is -2.34. The summed E-state index contributed by atoms with van der Waals surface area (Å²) in [6, 6.07) is 8.58. The summed E-state index contributed by atoms with van der Waals surface area (Å²) in [6.07, 6.45) is 3.20. The second-order valence-corrected chi connectivity index (χ2v) is 8.94. The van der Waals surface area contributed by atoms with Crippen LogP contribution in [0, 0.1) is 5.41 Å². The highest BCUT2D eigenvalue weighted by atomic mass is 16.5. The summed E-state index contributed by atoms with van der Waals surface area (Å²) in [5.74, 6) is -0.549. The second-order valence-electron chi connectivity index (χ2n) is 8.94. The number of carbonyl (C=O) groups is 2. The standard InChI is InChI=1S/C23H28N2O4/c1-14(29-15(2)26)22-9-6-11-25-12-10-23(21(22)25)17-7-4-5-8-18(17)24-19(23)16(13-22)20(27)28-3/h4-5,7-8,14,21,24H,6,9-13H2,1-3H3/t14?,21?,22-,23-/m0/s1. The van der Waals surface area contributed by atoms with E-state index in [1.54, 1.807) is 0 Å². The fraction of sp³-hybridized carbons (Fsp3) is 0.565. The Morgan fingerprint density at radius 3 is 2.79 bits per heavy atom. The van der Waals surface area contributed by atoms with Crippen molar-refractivity contribution in [3.05, 3.63) is 41.1 Å². The van der Waals surface area contributed by atoms with Crippen LogP contribution >= 0.6 is 0 Å². The molecule has 2 unspecified atom stereocenters. The summed E-state index contributed by atoms with van der Waals surface area (Å²) in [5, 5.41) is 3.59. The lowest BCUT2D eigenvalue weighted by Gasteiger charge is -2.57. The first kappa shape index (κ1) is 18.7. The first-order valence-corrected chi connectivity index (χ1v) is 10.5. The Bertz CT molecular complexity index is 925. The maximum atomic E-state index is 13.0. The Labute approximate surface area is 171 Å². The van der Waals surface area contributed by atoms with E-state index < -0.39 is 0 Å². The number of methoxy groups -OCH3 is 1. The summed E-state index contributed by atoms with van der Waals surface area (Å²) in [5.41, 5.74) is 3.45. The molecule has 1 aromatic carbocycles. The predicted octanol–water partition coefficient (Wildman–Crippen LogP) is 2.99. The summed E-state index contributed by atoms with van der Waals surface area (Å²) in [6.45, 7) is 5.50. The van der Waals surface area contributed by atoms with Gasteiger partial charge in [-0.15, -0.1) is 0 Å². The molecule has 0 aromatic heterocycles. The number of nitrogens with zero attached hydrogens (tertiary/aromatic N) is 1. The minimum Gasteiger partial charge on any atom is -0.466 e. The van der Waals surface area contributed by atoms with Crippen LogP contribution in [0.4, 0.5) is 5.69 Å². The minimum atomic E-state index is -0.313. The molecule has 0 amide bonds. The van der Waals surface area contributed by atoms with Crippen LogP contribution in [0.1, 0.15) is 45.1 Å². The van der Waals surface area contributed by atoms with E-state index in [4.69, 9.17) is 9.47 Å². The average Bonchev–Trinajstić information content (AvgIpc) is 3.27. The van der Waals surface area contributed by atoms with Crippen molar-refractivity contribution in [3.63, 3.8) is 0 Å². The van der Waals surface area contributed by atoms with Crippen LogP contribution in [0.3, 0.4) is 0 Å². The van der Waals surface area contributed by atoms with Crippen LogP contribution < -0.4 is 5.32 Å². The zero-order valence-corrected chi connectivity index (χ0v) is 17.3. The number of anilines is 1. The molecular weight excluding hydrogens is 368 g/mol. The van der Waals surface area contributed by atoms with E-state index in [0.717, 1.165) is 43.7 Å². The van der Waals surface area contributed by atoms with Gasteiger partial charge in [-0.2, -0.15) is 0 Å². The molecule has 6 nitrogen and oxygen atoms in total. The third-order valence-corrected chi connectivity index (χ3v) is 7.76. The minimum absolute atomic E-state index is 0.192. The Morgan fingerprint density at radius 1 is 1.24 bits per heavy atom. The van der Waals surface area contributed by atoms with E-state index in [2.05, 4.69) is 28.4 Å². The first-order chi connectivity index (χ1) is 13.9. The molecule has 29 heavy (non-hydrogen) atoms. The normalized spacial score (nSPS) is 33.3. The van der Waals surface area contributed by atoms with Gasteiger partial charge in [0.05, 0.1) is 18.1 Å². The number of piperidine rings is 1. The van der Waals surface area contributed by atoms with Gasteiger partial charge in [0.25, 0.3) is 0 Å². The fourth-order valence-electron chi connectivity index (χ4n) is 6.83. The number of ether oxygens (including phenoxy) is 2. The number of carbonyl (C=O) groups excluding carboxylic acids is 2. The third kappa shape index (κ3) is 2.32. The molecule has 0 bridgehead atoms. The van der Waals surface area contributed by atoms with Crippen LogP contribution in [0.2, 0.25) is 0 Å². The van der Waals surface area contributed by atoms with Gasteiger partial charge in [0.2, 0.25) is 0 Å². The van der Waals surface area contributed by atoms with Gasteiger partial charge in [-0.3, -0.25) is 9.69 Å². The number of hydrogen-bond donors (Lipinski definition) is 1. The Balaban J connectivity index is 1.77. The number of para-hydroxylation sites is 1. The third-order valence-electron chi connectivity index (χ3n) is 7.76. The van der Waals surface area contributed by atoms with Crippen molar-refractivity contribution in [2.45, 2.75) is 57.1 Å². The van der Waals surface area contributed by atoms with Crippen LogP contribution in [0.25, 0.3) is 0 Å². The van der Waals surface area contributed by atoms with E-state index in [1.165, 1.54) is 19.6 Å². The summed E-state index contributed by atoms with van der Waals surface area (Å²) in [7, 11) is 1.45. The highest BCUT2D eigenvalue weighted by Crippen LogP contribution is 2.65. The molecule has 5 rings (SSSR count). The molecule has 2 saturated heterocycles. The Morgan fingerprint density at radius 2 is 2.03 bits per heavy atom. The highest BCUT2D eigenvalue weighted by Gasteiger charge is 2.68. The maximum Gasteiger partial charge on any atom is 0.335 e. The van der Waals surface area contributed by atoms with E-state index in [-0.39, 0.29) is 34.9 Å². The Kier molecular flexibility index (Phi) is 4.07. The van der Waals surface area contributed by atoms with Gasteiger partial charge in [-0.25, -0.2) is 4.79 Å². The zero-order chi connectivity index (χ0) is 20.4. The molecule has 2 fully saturated rings. The molecule has 6 heteroatoms. The number of nitrogens with one attached hydrogen (secondary N) is 1. The number of hydrogen-bond acceptors (Lipinski definition) is 6. The molecule has 0 saturated carbocycles. The summed E-state index contributed by atoms with van der Waals surface area (Å²) < 4.78 is 11.0. The molecule has 3 aliphatic heterocycles. The van der Waals surface area contributed by atoms with E-state index >= 15 is 0 Å². The van der Waals surface area contributed by atoms with Crippen LogP contribution in [-0.2, 0) is 24.5 Å². The molecule has 3 heterocycles. The zero-order valence-electron chi connectivity index (χ0n) is 17.3. The smallest absolute Gasteiger partial charge is 0.335 e. The first-order valence-electron chi connectivity index (χ1n) is 10.5. The molecule has 0 radical (unpaired) electrons. The monoisotopic (exact) mass is 396 g/mol. The van der Waals surface area contributed by atoms with Gasteiger partial charge in [0.1, 0.15) is 6.10 Å². The van der Waals surface area contributed by atoms with Crippen molar-refractivity contribution >= 4 is 17.6 Å². The predicted molar refractivity (Wildman–Crippen MR) is 108 cm³/mol. The van der Waals surface area contributed by atoms with Crippen LogP contribution in [-0.4, -0.2) is 49.2 Å².